The van der Waals surface area contributed by atoms with Crippen molar-refractivity contribution in [3.63, 3.8) is 0 Å². The van der Waals surface area contributed by atoms with Crippen molar-refractivity contribution in [2.24, 2.45) is 0 Å². The van der Waals surface area contributed by atoms with E-state index in [1.807, 2.05) is 48.5 Å². The Hall–Kier alpha value is -4.00. The van der Waals surface area contributed by atoms with E-state index in [2.05, 4.69) is 39.7 Å². The highest BCUT2D eigenvalue weighted by Gasteiger charge is 2.22. The lowest BCUT2D eigenvalue weighted by Gasteiger charge is -2.10. The number of nitrogens with zero attached hydrogens (tertiary/aromatic N) is 4. The molecule has 2 aromatic carbocycles. The monoisotopic (exact) mass is 413 g/mol. The van der Waals surface area contributed by atoms with Gasteiger partial charge < -0.3 is 10.1 Å². The molecule has 2 aromatic heterocycles. The summed E-state index contributed by atoms with van der Waals surface area (Å²) in [5.74, 6) is 0.399. The van der Waals surface area contributed by atoms with Crippen LogP contribution in [-0.2, 0) is 13.0 Å². The standard InChI is InChI=1S/C24H23N5O2/c1-3-17-7-9-18(10-8-17)16-26-24(30)22-23(19-11-13-25-14-12-19)29(28-27-22)20-5-4-6-21(15-20)31-2/h4-15H,3,16H2,1-2H3,(H,26,30). The summed E-state index contributed by atoms with van der Waals surface area (Å²) in [4.78, 5) is 17.1. The van der Waals surface area contributed by atoms with Crippen LogP contribution in [-0.4, -0.2) is 33.0 Å². The second-order valence-electron chi connectivity index (χ2n) is 6.99. The number of ether oxygens (including phenoxy) is 1. The van der Waals surface area contributed by atoms with Crippen LogP contribution in [0.2, 0.25) is 0 Å². The molecule has 0 aliphatic carbocycles. The third kappa shape index (κ3) is 4.45. The number of benzene rings is 2. The molecule has 0 radical (unpaired) electrons. The lowest BCUT2D eigenvalue weighted by Crippen LogP contribution is -2.24. The molecule has 1 amide bonds. The van der Waals surface area contributed by atoms with Crippen molar-refractivity contribution in [2.45, 2.75) is 19.9 Å². The van der Waals surface area contributed by atoms with Gasteiger partial charge in [0.25, 0.3) is 5.91 Å². The summed E-state index contributed by atoms with van der Waals surface area (Å²) in [7, 11) is 1.61. The highest BCUT2D eigenvalue weighted by Crippen LogP contribution is 2.26. The predicted octanol–water partition coefficient (Wildman–Crippen LogP) is 3.83. The van der Waals surface area contributed by atoms with Crippen LogP contribution < -0.4 is 10.1 Å². The summed E-state index contributed by atoms with van der Waals surface area (Å²) < 4.78 is 6.97. The van der Waals surface area contributed by atoms with Gasteiger partial charge in [0.2, 0.25) is 0 Å². The average Bonchev–Trinajstić information content (AvgIpc) is 3.29. The molecule has 0 fully saturated rings. The van der Waals surface area contributed by atoms with E-state index < -0.39 is 0 Å². The Morgan fingerprint density at radius 1 is 1.03 bits per heavy atom. The van der Waals surface area contributed by atoms with Crippen molar-refractivity contribution < 1.29 is 9.53 Å². The molecule has 4 rings (SSSR count). The van der Waals surface area contributed by atoms with E-state index in [4.69, 9.17) is 4.74 Å². The fourth-order valence-electron chi connectivity index (χ4n) is 3.29. The van der Waals surface area contributed by atoms with Crippen molar-refractivity contribution >= 4 is 5.91 Å². The van der Waals surface area contributed by atoms with Gasteiger partial charge in [0.05, 0.1) is 12.8 Å². The van der Waals surface area contributed by atoms with Gasteiger partial charge in [-0.2, -0.15) is 0 Å². The topological polar surface area (TPSA) is 81.9 Å². The van der Waals surface area contributed by atoms with Gasteiger partial charge in [-0.05, 0) is 41.8 Å². The minimum Gasteiger partial charge on any atom is -0.497 e. The average molecular weight is 413 g/mol. The fourth-order valence-corrected chi connectivity index (χ4v) is 3.29. The zero-order chi connectivity index (χ0) is 21.6. The number of hydrogen-bond acceptors (Lipinski definition) is 5. The fraction of sp³-hybridized carbons (Fsp3) is 0.167. The molecule has 0 spiro atoms. The molecule has 2 heterocycles. The first-order valence-corrected chi connectivity index (χ1v) is 10.1. The predicted molar refractivity (Wildman–Crippen MR) is 118 cm³/mol. The third-order valence-electron chi connectivity index (χ3n) is 5.02. The molecule has 0 saturated heterocycles. The highest BCUT2D eigenvalue weighted by atomic mass is 16.5. The van der Waals surface area contributed by atoms with Gasteiger partial charge in [0.1, 0.15) is 11.4 Å². The van der Waals surface area contributed by atoms with Crippen molar-refractivity contribution in [3.8, 4) is 22.7 Å². The molecular weight excluding hydrogens is 390 g/mol. The number of amides is 1. The van der Waals surface area contributed by atoms with E-state index >= 15 is 0 Å². The number of carbonyl (C=O) groups excluding carboxylic acids is 1. The van der Waals surface area contributed by atoms with E-state index in [-0.39, 0.29) is 11.6 Å². The van der Waals surface area contributed by atoms with Crippen molar-refractivity contribution in [1.82, 2.24) is 25.3 Å². The Morgan fingerprint density at radius 3 is 2.48 bits per heavy atom. The minimum atomic E-state index is -0.291. The molecule has 156 valence electrons. The normalized spacial score (nSPS) is 10.6. The van der Waals surface area contributed by atoms with E-state index in [0.29, 0.717) is 18.0 Å². The van der Waals surface area contributed by atoms with E-state index in [1.54, 1.807) is 24.2 Å². The van der Waals surface area contributed by atoms with Crippen LogP contribution in [0.25, 0.3) is 16.9 Å². The Bertz CT molecular complexity index is 1170. The van der Waals surface area contributed by atoms with Crippen molar-refractivity contribution in [3.05, 3.63) is 89.9 Å². The molecule has 31 heavy (non-hydrogen) atoms. The summed E-state index contributed by atoms with van der Waals surface area (Å²) >= 11 is 0. The van der Waals surface area contributed by atoms with Crippen molar-refractivity contribution in [1.29, 1.82) is 0 Å². The molecule has 0 atom stereocenters. The number of carbonyl (C=O) groups is 1. The van der Waals surface area contributed by atoms with Gasteiger partial charge in [-0.15, -0.1) is 5.10 Å². The van der Waals surface area contributed by atoms with Gasteiger partial charge in [-0.3, -0.25) is 9.78 Å². The lowest BCUT2D eigenvalue weighted by molar-refractivity contribution is 0.0946. The van der Waals surface area contributed by atoms with Crippen LogP contribution in [0.4, 0.5) is 0 Å². The smallest absolute Gasteiger partial charge is 0.274 e. The Morgan fingerprint density at radius 2 is 1.77 bits per heavy atom. The van der Waals surface area contributed by atoms with Crippen LogP contribution in [0.15, 0.2) is 73.1 Å². The SMILES string of the molecule is CCc1ccc(CNC(=O)c2nnn(-c3cccc(OC)c3)c2-c2ccncc2)cc1. The number of aryl methyl sites for hydroxylation is 1. The first-order valence-electron chi connectivity index (χ1n) is 10.1. The van der Waals surface area contributed by atoms with E-state index in [0.717, 1.165) is 23.2 Å². The van der Waals surface area contributed by atoms with Gasteiger partial charge in [-0.1, -0.05) is 42.5 Å². The summed E-state index contributed by atoms with van der Waals surface area (Å²) in [6, 6.07) is 19.3. The van der Waals surface area contributed by atoms with Crippen LogP contribution in [0.5, 0.6) is 5.75 Å². The molecule has 0 unspecified atom stereocenters. The highest BCUT2D eigenvalue weighted by molar-refractivity contribution is 5.98. The maximum atomic E-state index is 13.0. The molecule has 7 heteroatoms. The molecular formula is C24H23N5O2. The molecule has 0 saturated carbocycles. The number of hydrogen-bond donors (Lipinski definition) is 1. The minimum absolute atomic E-state index is 0.249. The molecule has 0 bridgehead atoms. The van der Waals surface area contributed by atoms with Crippen LogP contribution in [0.3, 0.4) is 0 Å². The third-order valence-corrected chi connectivity index (χ3v) is 5.02. The molecule has 7 nitrogen and oxygen atoms in total. The number of aromatic nitrogens is 4. The number of methoxy groups -OCH3 is 1. The zero-order valence-corrected chi connectivity index (χ0v) is 17.4. The number of rotatable bonds is 7. The first-order chi connectivity index (χ1) is 15.2. The van der Waals surface area contributed by atoms with Gasteiger partial charge in [-0.25, -0.2) is 4.68 Å². The van der Waals surface area contributed by atoms with E-state index in [1.165, 1.54) is 5.56 Å². The Labute approximate surface area is 180 Å². The summed E-state index contributed by atoms with van der Waals surface area (Å²) in [6.45, 7) is 2.52. The molecule has 0 aliphatic rings. The van der Waals surface area contributed by atoms with Crippen LogP contribution in [0, 0.1) is 0 Å². The second kappa shape index (κ2) is 9.21. The Balaban J connectivity index is 1.66. The van der Waals surface area contributed by atoms with Crippen molar-refractivity contribution in [2.75, 3.05) is 7.11 Å². The molecule has 4 aromatic rings. The summed E-state index contributed by atoms with van der Waals surface area (Å²) in [6.07, 6.45) is 4.33. The van der Waals surface area contributed by atoms with Gasteiger partial charge in [0.15, 0.2) is 5.69 Å². The van der Waals surface area contributed by atoms with Gasteiger partial charge >= 0.3 is 0 Å². The summed E-state index contributed by atoms with van der Waals surface area (Å²) in [5.41, 5.74) is 4.66. The van der Waals surface area contributed by atoms with Gasteiger partial charge in [0, 0.05) is 30.6 Å². The summed E-state index contributed by atoms with van der Waals surface area (Å²) in [5, 5.41) is 11.4. The number of nitrogens with one attached hydrogen (secondary N) is 1. The maximum Gasteiger partial charge on any atom is 0.274 e. The zero-order valence-electron chi connectivity index (χ0n) is 17.4. The lowest BCUT2D eigenvalue weighted by atomic mass is 10.1. The van der Waals surface area contributed by atoms with Crippen LogP contribution in [0.1, 0.15) is 28.5 Å². The number of pyridine rings is 1. The largest absolute Gasteiger partial charge is 0.497 e. The molecule has 0 aliphatic heterocycles. The maximum absolute atomic E-state index is 13.0. The molecule has 1 N–H and O–H groups in total. The Kier molecular flexibility index (Phi) is 6.03. The quantitative estimate of drug-likeness (QED) is 0.498. The van der Waals surface area contributed by atoms with E-state index in [9.17, 15) is 4.79 Å². The van der Waals surface area contributed by atoms with Crippen LogP contribution >= 0.6 is 0 Å². The second-order valence-corrected chi connectivity index (χ2v) is 6.99. The first kappa shape index (κ1) is 20.3.